The molecule has 4 rings (SSSR count). The molecule has 0 aromatic heterocycles. The van der Waals surface area contributed by atoms with Crippen molar-refractivity contribution in [1.29, 1.82) is 0 Å². The number of alkyl halides is 3. The van der Waals surface area contributed by atoms with E-state index in [2.05, 4.69) is 4.84 Å². The van der Waals surface area contributed by atoms with Gasteiger partial charge in [-0.3, -0.25) is 24.4 Å². The van der Waals surface area contributed by atoms with Gasteiger partial charge < -0.3 is 0 Å². The van der Waals surface area contributed by atoms with Crippen molar-refractivity contribution < 1.29 is 42.4 Å². The molecule has 2 aromatic carbocycles. The van der Waals surface area contributed by atoms with Crippen LogP contribution in [0, 0.1) is 0 Å². The summed E-state index contributed by atoms with van der Waals surface area (Å²) in [5.41, 5.74) is 0.309. The molecule has 2 aliphatic heterocycles. The highest BCUT2D eigenvalue weighted by Gasteiger charge is 2.44. The molecule has 144 valence electrons. The summed E-state index contributed by atoms with van der Waals surface area (Å²) < 4.78 is 35.7. The Hall–Kier alpha value is -3.57. The Bertz CT molecular complexity index is 934. The highest BCUT2D eigenvalue weighted by molar-refractivity contribution is 6.21. The maximum atomic E-state index is 11.9. The fourth-order valence-corrected chi connectivity index (χ4v) is 2.53. The van der Waals surface area contributed by atoms with Crippen LogP contribution in [-0.2, 0) is 4.84 Å². The molecule has 2 aliphatic rings. The number of nitrogens with zero attached hydrogens (tertiary/aromatic N) is 2. The lowest BCUT2D eigenvalue weighted by Crippen LogP contribution is -2.35. The van der Waals surface area contributed by atoms with Gasteiger partial charge in [0.2, 0.25) is 0 Å². The van der Waals surface area contributed by atoms with Crippen molar-refractivity contribution in [3.05, 3.63) is 70.8 Å². The number of halogens is 3. The minimum Gasteiger partial charge on any atom is -0.278 e. The third-order valence-electron chi connectivity index (χ3n) is 3.72. The molecule has 0 spiro atoms. The van der Waals surface area contributed by atoms with E-state index >= 15 is 0 Å². The van der Waals surface area contributed by atoms with Gasteiger partial charge in [-0.05, 0) is 24.3 Å². The van der Waals surface area contributed by atoms with E-state index in [9.17, 15) is 32.3 Å². The zero-order valence-electron chi connectivity index (χ0n) is 13.6. The summed E-state index contributed by atoms with van der Waals surface area (Å²) in [6.07, 6.45) is -5.08. The van der Waals surface area contributed by atoms with Crippen LogP contribution >= 0.6 is 0 Å². The van der Waals surface area contributed by atoms with Gasteiger partial charge in [-0.25, -0.2) is 0 Å². The first kappa shape index (κ1) is 19.2. The van der Waals surface area contributed by atoms with E-state index in [-0.39, 0.29) is 32.4 Å². The first-order valence-electron chi connectivity index (χ1n) is 7.52. The van der Waals surface area contributed by atoms with Crippen LogP contribution in [0.2, 0.25) is 0 Å². The van der Waals surface area contributed by atoms with Gasteiger partial charge >= 0.3 is 6.36 Å². The highest BCUT2D eigenvalue weighted by atomic mass is 19.4. The molecule has 0 bridgehead atoms. The molecule has 2 aromatic rings. The summed E-state index contributed by atoms with van der Waals surface area (Å²) in [7, 11) is 0. The maximum Gasteiger partial charge on any atom is 0.544 e. The largest absolute Gasteiger partial charge is 0.544 e. The lowest BCUT2D eigenvalue weighted by atomic mass is 10.1. The number of carbonyl (C=O) groups excluding carboxylic acids is 4. The third-order valence-corrected chi connectivity index (χ3v) is 3.72. The Morgan fingerprint density at radius 1 is 0.679 bits per heavy atom. The molecule has 0 saturated heterocycles. The maximum absolute atomic E-state index is 11.9. The van der Waals surface area contributed by atoms with Gasteiger partial charge in [0.1, 0.15) is 0 Å². The van der Waals surface area contributed by atoms with Crippen molar-refractivity contribution in [3.63, 3.8) is 0 Å². The quantitative estimate of drug-likeness (QED) is 0.588. The van der Waals surface area contributed by atoms with E-state index in [4.69, 9.17) is 5.21 Å². The number of rotatable bonds is 1. The molecule has 28 heavy (non-hydrogen) atoms. The second-order valence-electron chi connectivity index (χ2n) is 5.45. The van der Waals surface area contributed by atoms with Crippen LogP contribution in [0.4, 0.5) is 13.2 Å². The number of hydrogen-bond donors (Lipinski definition) is 1. The summed E-state index contributed by atoms with van der Waals surface area (Å²) in [5, 5.41) is 8.76. The Balaban J connectivity index is 0.000000167. The van der Waals surface area contributed by atoms with Gasteiger partial charge in [-0.1, -0.05) is 24.3 Å². The van der Waals surface area contributed by atoms with Crippen molar-refractivity contribution in [2.24, 2.45) is 0 Å². The van der Waals surface area contributed by atoms with Crippen molar-refractivity contribution in [1.82, 2.24) is 10.1 Å². The second-order valence-corrected chi connectivity index (χ2v) is 5.45. The Morgan fingerprint density at radius 2 is 1.00 bits per heavy atom. The summed E-state index contributed by atoms with van der Waals surface area (Å²) >= 11 is 0. The molecule has 0 aliphatic carbocycles. The summed E-state index contributed by atoms with van der Waals surface area (Å²) in [5.74, 6) is -3.54. The SMILES string of the molecule is O=C1c2ccccc2C(=O)N1O.O=C1c2ccccc2C(=O)N1OC(F)(F)F. The summed E-state index contributed by atoms with van der Waals surface area (Å²) in [6.45, 7) is 0. The van der Waals surface area contributed by atoms with Crippen molar-refractivity contribution in [2.75, 3.05) is 0 Å². The smallest absolute Gasteiger partial charge is 0.278 e. The second kappa shape index (κ2) is 6.87. The highest BCUT2D eigenvalue weighted by Crippen LogP contribution is 2.27. The molecule has 8 nitrogen and oxygen atoms in total. The van der Waals surface area contributed by atoms with Gasteiger partial charge in [0, 0.05) is 0 Å². The normalized spacial score (nSPS) is 15.4. The minimum absolute atomic E-state index is 0.100. The number of benzene rings is 2. The van der Waals surface area contributed by atoms with Crippen LogP contribution in [0.1, 0.15) is 41.4 Å². The molecule has 11 heteroatoms. The first-order valence-corrected chi connectivity index (χ1v) is 7.52. The van der Waals surface area contributed by atoms with E-state index in [1.165, 1.54) is 36.4 Å². The van der Waals surface area contributed by atoms with Crippen LogP contribution < -0.4 is 0 Å². The molecule has 0 unspecified atom stereocenters. The first-order chi connectivity index (χ1) is 13.1. The molecule has 4 amide bonds. The van der Waals surface area contributed by atoms with Gasteiger partial charge in [0.25, 0.3) is 23.6 Å². The number of fused-ring (bicyclic) bond motifs is 2. The molecule has 0 radical (unpaired) electrons. The summed E-state index contributed by atoms with van der Waals surface area (Å²) in [6, 6.07) is 11.7. The molecule has 0 saturated carbocycles. The van der Waals surface area contributed by atoms with E-state index < -0.39 is 30.0 Å². The Labute approximate surface area is 154 Å². The van der Waals surface area contributed by atoms with Crippen molar-refractivity contribution in [3.8, 4) is 0 Å². The molecule has 1 N–H and O–H groups in total. The van der Waals surface area contributed by atoms with Gasteiger partial charge in [0.15, 0.2) is 0 Å². The predicted octanol–water partition coefficient (Wildman–Crippen LogP) is 2.41. The fourth-order valence-electron chi connectivity index (χ4n) is 2.53. The van der Waals surface area contributed by atoms with E-state index in [0.29, 0.717) is 0 Å². The van der Waals surface area contributed by atoms with E-state index in [1.807, 2.05) is 0 Å². The van der Waals surface area contributed by atoms with E-state index in [1.54, 1.807) is 12.1 Å². The fraction of sp³-hybridized carbons (Fsp3) is 0.0588. The molecular formula is C17H9F3N2O6. The number of imide groups is 2. The third kappa shape index (κ3) is 3.35. The molecular weight excluding hydrogens is 385 g/mol. The zero-order valence-corrected chi connectivity index (χ0v) is 13.6. The lowest BCUT2D eigenvalue weighted by Gasteiger charge is -2.14. The standard InChI is InChI=1S/C9H4F3NO3.C8H5NO3/c10-9(11,12)16-13-7(14)5-3-1-2-4-6(5)8(13)15;10-7-5-3-1-2-4-6(5)8(11)9(7)12/h1-4H;1-4,12H. The number of hydroxylamine groups is 4. The van der Waals surface area contributed by atoms with Gasteiger partial charge in [-0.2, -0.15) is 4.84 Å². The van der Waals surface area contributed by atoms with Crippen molar-refractivity contribution >= 4 is 23.6 Å². The average Bonchev–Trinajstić information content (AvgIpc) is 3.03. The number of carbonyl (C=O) groups is 4. The molecule has 0 fully saturated rings. The van der Waals surface area contributed by atoms with Crippen LogP contribution in [0.5, 0.6) is 0 Å². The molecule has 2 heterocycles. The van der Waals surface area contributed by atoms with Crippen LogP contribution in [0.3, 0.4) is 0 Å². The predicted molar refractivity (Wildman–Crippen MR) is 82.8 cm³/mol. The van der Waals surface area contributed by atoms with Crippen molar-refractivity contribution in [2.45, 2.75) is 6.36 Å². The molecule has 0 atom stereocenters. The van der Waals surface area contributed by atoms with Crippen LogP contribution in [0.25, 0.3) is 0 Å². The van der Waals surface area contributed by atoms with Crippen LogP contribution in [0.15, 0.2) is 48.5 Å². The van der Waals surface area contributed by atoms with Gasteiger partial charge in [-0.15, -0.1) is 23.3 Å². The number of hydrogen-bond acceptors (Lipinski definition) is 6. The van der Waals surface area contributed by atoms with E-state index in [0.717, 1.165) is 0 Å². The monoisotopic (exact) mass is 394 g/mol. The van der Waals surface area contributed by atoms with Gasteiger partial charge in [0.05, 0.1) is 22.3 Å². The Kier molecular flexibility index (Phi) is 4.71. The lowest BCUT2D eigenvalue weighted by molar-refractivity contribution is -0.384. The zero-order chi connectivity index (χ0) is 20.6. The topological polar surface area (TPSA) is 104 Å². The average molecular weight is 394 g/mol. The van der Waals surface area contributed by atoms with Crippen LogP contribution in [-0.4, -0.2) is 45.3 Å². The number of amides is 4. The Morgan fingerprint density at radius 3 is 1.32 bits per heavy atom. The summed E-state index contributed by atoms with van der Waals surface area (Å²) in [4.78, 5) is 48.2. The minimum atomic E-state index is -5.08.